The molecule has 1 aromatic carbocycles. The lowest BCUT2D eigenvalue weighted by molar-refractivity contribution is -0.143. The fraction of sp³-hybridized carbons (Fsp3) is 0.467. The molecule has 0 bridgehead atoms. The Hall–Kier alpha value is -1.88. The summed E-state index contributed by atoms with van der Waals surface area (Å²) in [7, 11) is 0. The summed E-state index contributed by atoms with van der Waals surface area (Å²) in [6.07, 6.45) is 1.28. The van der Waals surface area contributed by atoms with Gasteiger partial charge in [-0.15, -0.1) is 0 Å². The highest BCUT2D eigenvalue weighted by molar-refractivity contribution is 5.94. The fourth-order valence-corrected chi connectivity index (χ4v) is 2.77. The average Bonchev–Trinajstić information content (AvgIpc) is 2.55. The van der Waals surface area contributed by atoms with Crippen LogP contribution in [0.25, 0.3) is 0 Å². The third-order valence-electron chi connectivity index (χ3n) is 3.95. The third-order valence-corrected chi connectivity index (χ3v) is 3.95. The van der Waals surface area contributed by atoms with Gasteiger partial charge >= 0.3 is 5.97 Å². The first kappa shape index (κ1) is 14.5. The number of hydrogen-bond donors (Lipinski definition) is 2. The van der Waals surface area contributed by atoms with Gasteiger partial charge in [0.2, 0.25) is 5.91 Å². The molecule has 0 radical (unpaired) electrons. The van der Waals surface area contributed by atoms with Crippen molar-refractivity contribution in [3.05, 3.63) is 29.3 Å². The van der Waals surface area contributed by atoms with Crippen LogP contribution >= 0.6 is 0 Å². The first-order valence-electron chi connectivity index (χ1n) is 6.80. The number of carboxylic acid groups (broad SMARTS) is 1. The molecule has 5 heteroatoms. The maximum absolute atomic E-state index is 11.9. The van der Waals surface area contributed by atoms with Crippen molar-refractivity contribution in [1.82, 2.24) is 0 Å². The number of carbonyl (C=O) groups is 2. The monoisotopic (exact) mass is 276 g/mol. The molecule has 0 saturated heterocycles. The first-order chi connectivity index (χ1) is 9.39. The van der Waals surface area contributed by atoms with E-state index >= 15 is 0 Å². The van der Waals surface area contributed by atoms with E-state index in [-0.39, 0.29) is 18.7 Å². The number of amides is 1. The molecule has 2 rings (SSSR count). The van der Waals surface area contributed by atoms with E-state index in [1.807, 2.05) is 25.1 Å². The molecule has 1 unspecified atom stereocenters. The van der Waals surface area contributed by atoms with E-state index in [4.69, 9.17) is 5.73 Å². The number of anilines is 1. The standard InChI is InChI=1S/C15H20N2O3/c1-3-11-5-4-6-12-9-15(16,14(19)20)7-8-17(10(2)18)13(11)12/h4-6H,3,7-9,16H2,1-2H3,(H,19,20). The highest BCUT2D eigenvalue weighted by Crippen LogP contribution is 2.33. The zero-order valence-electron chi connectivity index (χ0n) is 11.8. The number of carbonyl (C=O) groups excluding carboxylic acids is 1. The Balaban J connectivity index is 2.58. The van der Waals surface area contributed by atoms with Gasteiger partial charge in [0, 0.05) is 19.9 Å². The van der Waals surface area contributed by atoms with Crippen molar-refractivity contribution in [2.24, 2.45) is 5.73 Å². The number of hydrogen-bond acceptors (Lipinski definition) is 3. The molecule has 1 aliphatic rings. The van der Waals surface area contributed by atoms with Crippen molar-refractivity contribution < 1.29 is 14.7 Å². The average molecular weight is 276 g/mol. The molecule has 1 amide bonds. The number of aryl methyl sites for hydroxylation is 1. The largest absolute Gasteiger partial charge is 0.480 e. The Morgan fingerprint density at radius 3 is 2.70 bits per heavy atom. The number of carboxylic acids is 1. The maximum Gasteiger partial charge on any atom is 0.324 e. The van der Waals surface area contributed by atoms with Crippen molar-refractivity contribution in [3.8, 4) is 0 Å². The predicted octanol–water partition coefficient (Wildman–Crippen LogP) is 1.33. The zero-order chi connectivity index (χ0) is 14.9. The van der Waals surface area contributed by atoms with E-state index in [1.165, 1.54) is 6.92 Å². The van der Waals surface area contributed by atoms with Gasteiger partial charge in [0.05, 0.1) is 5.69 Å². The fourth-order valence-electron chi connectivity index (χ4n) is 2.77. The molecule has 0 aliphatic carbocycles. The highest BCUT2D eigenvalue weighted by Gasteiger charge is 2.39. The molecule has 1 aliphatic heterocycles. The molecule has 1 aromatic rings. The van der Waals surface area contributed by atoms with Crippen LogP contribution in [0.4, 0.5) is 5.69 Å². The molecule has 0 fully saturated rings. The summed E-state index contributed by atoms with van der Waals surface area (Å²) in [5, 5.41) is 9.37. The Morgan fingerprint density at radius 1 is 1.45 bits per heavy atom. The third kappa shape index (κ3) is 2.41. The molecule has 5 nitrogen and oxygen atoms in total. The number of rotatable bonds is 2. The van der Waals surface area contributed by atoms with Gasteiger partial charge in [0.15, 0.2) is 0 Å². The summed E-state index contributed by atoms with van der Waals surface area (Å²) in [6, 6.07) is 5.73. The second-order valence-corrected chi connectivity index (χ2v) is 5.34. The van der Waals surface area contributed by atoms with Gasteiger partial charge in [-0.2, -0.15) is 0 Å². The predicted molar refractivity (Wildman–Crippen MR) is 76.7 cm³/mol. The quantitative estimate of drug-likeness (QED) is 0.853. The highest BCUT2D eigenvalue weighted by atomic mass is 16.4. The Morgan fingerprint density at radius 2 is 2.15 bits per heavy atom. The van der Waals surface area contributed by atoms with Crippen molar-refractivity contribution in [3.63, 3.8) is 0 Å². The van der Waals surface area contributed by atoms with Crippen molar-refractivity contribution in [1.29, 1.82) is 0 Å². The minimum Gasteiger partial charge on any atom is -0.480 e. The van der Waals surface area contributed by atoms with E-state index in [0.29, 0.717) is 6.54 Å². The van der Waals surface area contributed by atoms with Gasteiger partial charge < -0.3 is 15.7 Å². The van der Waals surface area contributed by atoms with Crippen LogP contribution in [0.2, 0.25) is 0 Å². The minimum absolute atomic E-state index is 0.0817. The summed E-state index contributed by atoms with van der Waals surface area (Å²) < 4.78 is 0. The number of para-hydroxylation sites is 1. The lowest BCUT2D eigenvalue weighted by atomic mass is 9.89. The van der Waals surface area contributed by atoms with Crippen LogP contribution in [0.1, 0.15) is 31.4 Å². The van der Waals surface area contributed by atoms with Crippen LogP contribution in [-0.2, 0) is 22.4 Å². The molecule has 0 saturated carbocycles. The smallest absolute Gasteiger partial charge is 0.324 e. The number of benzene rings is 1. The van der Waals surface area contributed by atoms with Crippen LogP contribution in [0.15, 0.2) is 18.2 Å². The second kappa shape index (κ2) is 5.25. The Kier molecular flexibility index (Phi) is 3.81. The van der Waals surface area contributed by atoms with Crippen LogP contribution in [0.3, 0.4) is 0 Å². The van der Waals surface area contributed by atoms with Gasteiger partial charge in [-0.1, -0.05) is 25.1 Å². The Labute approximate surface area is 118 Å². The van der Waals surface area contributed by atoms with Crippen LogP contribution in [0.5, 0.6) is 0 Å². The lowest BCUT2D eigenvalue weighted by Crippen LogP contribution is -2.50. The molecule has 1 heterocycles. The van der Waals surface area contributed by atoms with E-state index in [9.17, 15) is 14.7 Å². The lowest BCUT2D eigenvalue weighted by Gasteiger charge is -2.24. The molecule has 1 atom stereocenters. The van der Waals surface area contributed by atoms with Crippen LogP contribution < -0.4 is 10.6 Å². The summed E-state index contributed by atoms with van der Waals surface area (Å²) in [6.45, 7) is 3.86. The van der Waals surface area contributed by atoms with Crippen molar-refractivity contribution in [2.75, 3.05) is 11.4 Å². The van der Waals surface area contributed by atoms with Crippen LogP contribution in [0, 0.1) is 0 Å². The summed E-state index contributed by atoms with van der Waals surface area (Å²) in [5.74, 6) is -1.10. The Bertz CT molecular complexity index is 556. The van der Waals surface area contributed by atoms with E-state index in [0.717, 1.165) is 23.2 Å². The zero-order valence-corrected chi connectivity index (χ0v) is 11.8. The number of aliphatic carboxylic acids is 1. The summed E-state index contributed by atoms with van der Waals surface area (Å²) >= 11 is 0. The van der Waals surface area contributed by atoms with Crippen LogP contribution in [-0.4, -0.2) is 29.1 Å². The molecular weight excluding hydrogens is 256 g/mol. The second-order valence-electron chi connectivity index (χ2n) is 5.34. The molecule has 20 heavy (non-hydrogen) atoms. The number of nitrogens with zero attached hydrogens (tertiary/aromatic N) is 1. The molecule has 3 N–H and O–H groups in total. The summed E-state index contributed by atoms with van der Waals surface area (Å²) in [5.41, 5.74) is 7.45. The minimum atomic E-state index is -1.31. The van der Waals surface area contributed by atoms with Gasteiger partial charge in [0.25, 0.3) is 0 Å². The van der Waals surface area contributed by atoms with E-state index < -0.39 is 11.5 Å². The maximum atomic E-state index is 11.9. The van der Waals surface area contributed by atoms with E-state index in [2.05, 4.69) is 0 Å². The number of nitrogens with two attached hydrogens (primary N) is 1. The molecule has 0 aromatic heterocycles. The van der Waals surface area contributed by atoms with E-state index in [1.54, 1.807) is 4.90 Å². The topological polar surface area (TPSA) is 83.6 Å². The van der Waals surface area contributed by atoms with Gasteiger partial charge in [-0.25, -0.2) is 0 Å². The first-order valence-corrected chi connectivity index (χ1v) is 6.80. The molecular formula is C15H20N2O3. The SMILES string of the molecule is CCc1cccc2c1N(C(C)=O)CCC(N)(C(=O)O)C2. The van der Waals surface area contributed by atoms with Gasteiger partial charge in [0.1, 0.15) is 5.54 Å². The molecule has 0 spiro atoms. The van der Waals surface area contributed by atoms with Crippen molar-refractivity contribution in [2.45, 2.75) is 38.6 Å². The normalized spacial score (nSPS) is 22.1. The molecule has 108 valence electrons. The van der Waals surface area contributed by atoms with Gasteiger partial charge in [-0.05, 0) is 24.0 Å². The van der Waals surface area contributed by atoms with Crippen molar-refractivity contribution >= 4 is 17.6 Å². The van der Waals surface area contributed by atoms with Gasteiger partial charge in [-0.3, -0.25) is 9.59 Å². The number of fused-ring (bicyclic) bond motifs is 1. The summed E-state index contributed by atoms with van der Waals surface area (Å²) in [4.78, 5) is 25.0.